The lowest BCUT2D eigenvalue weighted by atomic mass is 10.3. The van der Waals surface area contributed by atoms with Crippen LogP contribution in [0, 0.1) is 6.92 Å². The molecule has 0 unspecified atom stereocenters. The lowest BCUT2D eigenvalue weighted by molar-refractivity contribution is -0.109. The highest BCUT2D eigenvalue weighted by Gasteiger charge is 2.00. The first-order valence-corrected chi connectivity index (χ1v) is 4.58. The van der Waals surface area contributed by atoms with Crippen molar-refractivity contribution in [3.8, 4) is 0 Å². The van der Waals surface area contributed by atoms with Crippen LogP contribution in [0.15, 0.2) is 11.4 Å². The molecule has 1 nitrogen and oxygen atoms in total. The summed E-state index contributed by atoms with van der Waals surface area (Å²) in [5.74, 6) is 0. The Labute approximate surface area is 72.2 Å². The van der Waals surface area contributed by atoms with Crippen molar-refractivity contribution < 1.29 is 4.79 Å². The van der Waals surface area contributed by atoms with Crippen LogP contribution < -0.4 is 0 Å². The fourth-order valence-electron chi connectivity index (χ4n) is 0.720. The zero-order valence-electron chi connectivity index (χ0n) is 5.56. The van der Waals surface area contributed by atoms with E-state index in [1.54, 1.807) is 11.3 Å². The van der Waals surface area contributed by atoms with E-state index in [9.17, 15) is 4.79 Å². The summed E-state index contributed by atoms with van der Waals surface area (Å²) in [5.41, 5.74) is 1.23. The molecule has 0 amide bonds. The van der Waals surface area contributed by atoms with E-state index in [1.807, 2.05) is 18.4 Å². The third-order valence-electron chi connectivity index (χ3n) is 1.10. The molecule has 0 fully saturated rings. The second-order valence-corrected chi connectivity index (χ2v) is 4.00. The van der Waals surface area contributed by atoms with Crippen LogP contribution in [0.3, 0.4) is 0 Å². The van der Waals surface area contributed by atoms with Gasteiger partial charge in [0, 0.05) is 4.88 Å². The molecule has 0 aliphatic carbocycles. The van der Waals surface area contributed by atoms with E-state index in [0.29, 0.717) is 6.42 Å². The van der Waals surface area contributed by atoms with E-state index in [2.05, 4.69) is 15.9 Å². The van der Waals surface area contributed by atoms with Gasteiger partial charge >= 0.3 is 0 Å². The topological polar surface area (TPSA) is 17.1 Å². The number of carbonyl (C=O) groups is 1. The molecule has 0 saturated heterocycles. The van der Waals surface area contributed by atoms with Gasteiger partial charge in [0.05, 0.1) is 6.42 Å². The molecule has 0 radical (unpaired) electrons. The Balaban J connectivity index is 2.67. The van der Waals surface area contributed by atoms with Crippen molar-refractivity contribution in [1.29, 1.82) is 0 Å². The lowest BCUT2D eigenvalue weighted by Gasteiger charge is -1.85. The number of hydrogen-bond donors (Lipinski definition) is 0. The van der Waals surface area contributed by atoms with E-state index in [1.165, 1.54) is 5.56 Å². The average molecular weight is 219 g/mol. The molecule has 0 aliphatic rings. The van der Waals surface area contributed by atoms with E-state index in [-0.39, 0.29) is 4.69 Å². The normalized spacial score (nSPS) is 9.80. The summed E-state index contributed by atoms with van der Waals surface area (Å²) >= 11 is 4.52. The minimum atomic E-state index is 0.0503. The second kappa shape index (κ2) is 3.30. The zero-order valence-corrected chi connectivity index (χ0v) is 7.96. The summed E-state index contributed by atoms with van der Waals surface area (Å²) in [5, 5.41) is 2.05. The fourth-order valence-corrected chi connectivity index (χ4v) is 2.08. The molecular weight excluding hydrogens is 212 g/mol. The standard InChI is InChI=1S/C7H7BrOS/c1-5-2-6(10-4-5)3-7(8)9/h2,4H,3H2,1H3. The minimum Gasteiger partial charge on any atom is -0.286 e. The molecule has 54 valence electrons. The Bertz CT molecular complexity index is 242. The smallest absolute Gasteiger partial charge is 0.202 e. The summed E-state index contributed by atoms with van der Waals surface area (Å²) in [6.45, 7) is 2.03. The lowest BCUT2D eigenvalue weighted by Crippen LogP contribution is -1.87. The molecular formula is C7H7BrOS. The summed E-state index contributed by atoms with van der Waals surface area (Å²) in [4.78, 5) is 11.7. The van der Waals surface area contributed by atoms with Gasteiger partial charge in [0.15, 0.2) is 0 Å². The van der Waals surface area contributed by atoms with Gasteiger partial charge in [-0.2, -0.15) is 0 Å². The molecule has 0 bridgehead atoms. The molecule has 0 saturated carbocycles. The molecule has 0 atom stereocenters. The van der Waals surface area contributed by atoms with Crippen LogP contribution in [0.25, 0.3) is 0 Å². The molecule has 1 aromatic rings. The second-order valence-electron chi connectivity index (χ2n) is 2.12. The van der Waals surface area contributed by atoms with Gasteiger partial charge in [-0.1, -0.05) is 0 Å². The van der Waals surface area contributed by atoms with Crippen LogP contribution in [-0.2, 0) is 11.2 Å². The van der Waals surface area contributed by atoms with E-state index >= 15 is 0 Å². The van der Waals surface area contributed by atoms with Crippen molar-refractivity contribution in [2.75, 3.05) is 0 Å². The number of carbonyl (C=O) groups excluding carboxylic acids is 1. The maximum atomic E-state index is 10.5. The Morgan fingerprint density at radius 3 is 2.90 bits per heavy atom. The Morgan fingerprint density at radius 1 is 1.80 bits per heavy atom. The predicted octanol–water partition coefficient (Wildman–Crippen LogP) is 2.52. The van der Waals surface area contributed by atoms with Crippen LogP contribution in [0.1, 0.15) is 10.4 Å². The van der Waals surface area contributed by atoms with Crippen LogP contribution in [0.5, 0.6) is 0 Å². The maximum Gasteiger partial charge on any atom is 0.202 e. The van der Waals surface area contributed by atoms with Gasteiger partial charge < -0.3 is 0 Å². The van der Waals surface area contributed by atoms with Gasteiger partial charge in [-0.3, -0.25) is 4.79 Å². The third-order valence-corrected chi connectivity index (χ3v) is 2.43. The summed E-state index contributed by atoms with van der Waals surface area (Å²) in [6, 6.07) is 2.03. The van der Waals surface area contributed by atoms with Gasteiger partial charge in [-0.15, -0.1) is 11.3 Å². The summed E-state index contributed by atoms with van der Waals surface area (Å²) in [7, 11) is 0. The average Bonchev–Trinajstić information content (AvgIpc) is 2.13. The fraction of sp³-hybridized carbons (Fsp3) is 0.286. The summed E-state index contributed by atoms with van der Waals surface area (Å²) in [6.07, 6.45) is 0.512. The number of rotatable bonds is 2. The number of aryl methyl sites for hydroxylation is 1. The molecule has 0 aromatic carbocycles. The molecule has 3 heteroatoms. The van der Waals surface area contributed by atoms with Gasteiger partial charge in [0.1, 0.15) is 0 Å². The Morgan fingerprint density at radius 2 is 2.50 bits per heavy atom. The van der Waals surface area contributed by atoms with Crippen molar-refractivity contribution in [2.45, 2.75) is 13.3 Å². The summed E-state index contributed by atoms with van der Waals surface area (Å²) < 4.78 is 0.0503. The van der Waals surface area contributed by atoms with Crippen LogP contribution in [-0.4, -0.2) is 4.69 Å². The zero-order chi connectivity index (χ0) is 7.56. The van der Waals surface area contributed by atoms with Gasteiger partial charge in [0.2, 0.25) is 4.69 Å². The number of halogens is 1. The molecule has 0 spiro atoms. The van der Waals surface area contributed by atoms with Gasteiger partial charge in [-0.05, 0) is 39.9 Å². The predicted molar refractivity (Wildman–Crippen MR) is 46.7 cm³/mol. The number of hydrogen-bond acceptors (Lipinski definition) is 2. The van der Waals surface area contributed by atoms with E-state index in [0.717, 1.165) is 4.88 Å². The molecule has 0 aliphatic heterocycles. The monoisotopic (exact) mass is 218 g/mol. The maximum absolute atomic E-state index is 10.5. The highest BCUT2D eigenvalue weighted by atomic mass is 79.9. The SMILES string of the molecule is Cc1csc(CC(=O)Br)c1. The minimum absolute atomic E-state index is 0.0503. The van der Waals surface area contributed by atoms with E-state index in [4.69, 9.17) is 0 Å². The Hall–Kier alpha value is -0.150. The molecule has 0 N–H and O–H groups in total. The van der Waals surface area contributed by atoms with Crippen molar-refractivity contribution in [3.05, 3.63) is 21.9 Å². The van der Waals surface area contributed by atoms with Crippen LogP contribution in [0.4, 0.5) is 0 Å². The first-order valence-electron chi connectivity index (χ1n) is 2.91. The molecule has 1 rings (SSSR count). The van der Waals surface area contributed by atoms with Crippen molar-refractivity contribution >= 4 is 32.0 Å². The first kappa shape index (κ1) is 7.95. The highest BCUT2D eigenvalue weighted by Crippen LogP contribution is 2.15. The number of thiophene rings is 1. The van der Waals surface area contributed by atoms with Crippen molar-refractivity contribution in [3.63, 3.8) is 0 Å². The van der Waals surface area contributed by atoms with E-state index < -0.39 is 0 Å². The van der Waals surface area contributed by atoms with Crippen molar-refractivity contribution in [2.24, 2.45) is 0 Å². The van der Waals surface area contributed by atoms with Crippen LogP contribution in [0.2, 0.25) is 0 Å². The highest BCUT2D eigenvalue weighted by molar-refractivity contribution is 9.18. The molecule has 10 heavy (non-hydrogen) atoms. The van der Waals surface area contributed by atoms with Gasteiger partial charge in [-0.25, -0.2) is 0 Å². The third kappa shape index (κ3) is 2.23. The molecule has 1 heterocycles. The quantitative estimate of drug-likeness (QED) is 0.698. The van der Waals surface area contributed by atoms with Gasteiger partial charge in [0.25, 0.3) is 0 Å². The van der Waals surface area contributed by atoms with Crippen molar-refractivity contribution in [1.82, 2.24) is 0 Å². The largest absolute Gasteiger partial charge is 0.286 e. The Kier molecular flexibility index (Phi) is 2.63. The first-order chi connectivity index (χ1) is 4.68. The molecule has 1 aromatic heterocycles. The van der Waals surface area contributed by atoms with Crippen LogP contribution >= 0.6 is 27.3 Å².